The third kappa shape index (κ3) is 1.89. The van der Waals surface area contributed by atoms with E-state index in [0.29, 0.717) is 11.1 Å². The van der Waals surface area contributed by atoms with Crippen molar-refractivity contribution in [1.29, 1.82) is 0 Å². The van der Waals surface area contributed by atoms with Crippen LogP contribution in [-0.4, -0.2) is 0 Å². The van der Waals surface area contributed by atoms with Gasteiger partial charge in [0.15, 0.2) is 0 Å². The van der Waals surface area contributed by atoms with Crippen LogP contribution in [0.25, 0.3) is 11.1 Å². The molecule has 0 aliphatic carbocycles. The third-order valence-corrected chi connectivity index (χ3v) is 2.43. The number of nitrogen functional groups attached to an aromatic ring is 1. The molecule has 0 amide bonds. The van der Waals surface area contributed by atoms with Gasteiger partial charge < -0.3 is 5.73 Å². The van der Waals surface area contributed by atoms with E-state index >= 15 is 0 Å². The summed E-state index contributed by atoms with van der Waals surface area (Å²) in [7, 11) is 0. The number of anilines is 1. The van der Waals surface area contributed by atoms with Crippen LogP contribution in [0.5, 0.6) is 0 Å². The van der Waals surface area contributed by atoms with Crippen LogP contribution in [0.2, 0.25) is 0 Å². The largest absolute Gasteiger partial charge is 0.398 e. The minimum absolute atomic E-state index is 0.240. The molecule has 0 heterocycles. The van der Waals surface area contributed by atoms with Gasteiger partial charge in [-0.3, -0.25) is 0 Å². The van der Waals surface area contributed by atoms with Gasteiger partial charge in [-0.05, 0) is 37.3 Å². The second-order valence-corrected chi connectivity index (χ2v) is 3.71. The number of hydrogen-bond donors (Lipinski definition) is 1. The molecule has 0 aliphatic rings. The number of rotatable bonds is 1. The molecule has 3 heteroatoms. The minimum Gasteiger partial charge on any atom is -0.398 e. The molecule has 0 saturated carbocycles. The normalized spacial score (nSPS) is 10.4. The highest BCUT2D eigenvalue weighted by molar-refractivity contribution is 5.76. The predicted molar refractivity (Wildman–Crippen MR) is 60.9 cm³/mol. The van der Waals surface area contributed by atoms with Crippen LogP contribution in [0.4, 0.5) is 14.5 Å². The Labute approximate surface area is 92.5 Å². The molecule has 0 bridgehead atoms. The lowest BCUT2D eigenvalue weighted by molar-refractivity contribution is 0.626. The van der Waals surface area contributed by atoms with Gasteiger partial charge in [-0.15, -0.1) is 0 Å². The van der Waals surface area contributed by atoms with Crippen molar-refractivity contribution in [3.63, 3.8) is 0 Å². The van der Waals surface area contributed by atoms with E-state index in [1.54, 1.807) is 12.1 Å². The second kappa shape index (κ2) is 3.93. The number of benzene rings is 2. The summed E-state index contributed by atoms with van der Waals surface area (Å²) in [4.78, 5) is 0. The highest BCUT2D eigenvalue weighted by Gasteiger charge is 2.09. The Balaban J connectivity index is 2.62. The molecule has 1 nitrogen and oxygen atoms in total. The quantitative estimate of drug-likeness (QED) is 0.729. The fourth-order valence-corrected chi connectivity index (χ4v) is 1.62. The van der Waals surface area contributed by atoms with Crippen LogP contribution in [-0.2, 0) is 0 Å². The molecule has 0 spiro atoms. The predicted octanol–water partition coefficient (Wildman–Crippen LogP) is 3.52. The number of aryl methyl sites for hydroxylation is 1. The summed E-state index contributed by atoms with van der Waals surface area (Å²) in [5.74, 6) is -0.779. The fraction of sp³-hybridized carbons (Fsp3) is 0.0769. The van der Waals surface area contributed by atoms with E-state index in [0.717, 1.165) is 5.56 Å². The van der Waals surface area contributed by atoms with Crippen molar-refractivity contribution in [2.75, 3.05) is 5.73 Å². The summed E-state index contributed by atoms with van der Waals surface area (Å²) < 4.78 is 26.5. The highest BCUT2D eigenvalue weighted by Crippen LogP contribution is 2.29. The van der Waals surface area contributed by atoms with Gasteiger partial charge >= 0.3 is 0 Å². The van der Waals surface area contributed by atoms with Crippen molar-refractivity contribution in [3.8, 4) is 11.1 Å². The average Bonchev–Trinajstić information content (AvgIpc) is 2.22. The summed E-state index contributed by atoms with van der Waals surface area (Å²) in [6.45, 7) is 1.86. The first-order valence-corrected chi connectivity index (χ1v) is 4.89. The van der Waals surface area contributed by atoms with Crippen molar-refractivity contribution in [2.24, 2.45) is 0 Å². The van der Waals surface area contributed by atoms with Crippen molar-refractivity contribution < 1.29 is 8.78 Å². The standard InChI is InChI=1S/C13H11F2N/c1-8-2-5-12(15)11(6-8)10-4-3-9(14)7-13(10)16/h2-7H,16H2,1H3. The van der Waals surface area contributed by atoms with E-state index in [9.17, 15) is 8.78 Å². The SMILES string of the molecule is Cc1ccc(F)c(-c2ccc(F)cc2N)c1. The van der Waals surface area contributed by atoms with Crippen LogP contribution in [0.15, 0.2) is 36.4 Å². The molecule has 0 aromatic heterocycles. The summed E-state index contributed by atoms with van der Waals surface area (Å²) >= 11 is 0. The van der Waals surface area contributed by atoms with Crippen molar-refractivity contribution in [1.82, 2.24) is 0 Å². The van der Waals surface area contributed by atoms with Gasteiger partial charge in [-0.1, -0.05) is 11.6 Å². The lowest BCUT2D eigenvalue weighted by Gasteiger charge is -2.08. The first-order chi connectivity index (χ1) is 7.58. The van der Waals surface area contributed by atoms with Crippen LogP contribution >= 0.6 is 0 Å². The van der Waals surface area contributed by atoms with Crippen LogP contribution in [0.3, 0.4) is 0 Å². The van der Waals surface area contributed by atoms with E-state index in [-0.39, 0.29) is 11.5 Å². The third-order valence-electron chi connectivity index (χ3n) is 2.43. The van der Waals surface area contributed by atoms with Crippen LogP contribution in [0.1, 0.15) is 5.56 Å². The van der Waals surface area contributed by atoms with Gasteiger partial charge in [-0.2, -0.15) is 0 Å². The van der Waals surface area contributed by atoms with Crippen molar-refractivity contribution in [3.05, 3.63) is 53.6 Å². The maximum absolute atomic E-state index is 13.6. The Morgan fingerprint density at radius 2 is 1.69 bits per heavy atom. The molecule has 2 aromatic carbocycles. The van der Waals surface area contributed by atoms with E-state index in [2.05, 4.69) is 0 Å². The topological polar surface area (TPSA) is 26.0 Å². The Morgan fingerprint density at radius 3 is 2.38 bits per heavy atom. The average molecular weight is 219 g/mol. The van der Waals surface area contributed by atoms with Gasteiger partial charge in [0.25, 0.3) is 0 Å². The first-order valence-electron chi connectivity index (χ1n) is 4.89. The van der Waals surface area contributed by atoms with Crippen LogP contribution < -0.4 is 5.73 Å². The number of hydrogen-bond acceptors (Lipinski definition) is 1. The van der Waals surface area contributed by atoms with E-state index < -0.39 is 5.82 Å². The van der Waals surface area contributed by atoms with Gasteiger partial charge in [0.1, 0.15) is 11.6 Å². The van der Waals surface area contributed by atoms with Gasteiger partial charge in [0, 0.05) is 16.8 Å². The zero-order valence-electron chi connectivity index (χ0n) is 8.80. The first kappa shape index (κ1) is 10.6. The highest BCUT2D eigenvalue weighted by atomic mass is 19.1. The van der Waals surface area contributed by atoms with E-state index in [1.807, 2.05) is 6.92 Å². The number of nitrogens with two attached hydrogens (primary N) is 1. The lowest BCUT2D eigenvalue weighted by Crippen LogP contribution is -1.93. The Hall–Kier alpha value is -1.90. The smallest absolute Gasteiger partial charge is 0.131 e. The van der Waals surface area contributed by atoms with E-state index in [4.69, 9.17) is 5.73 Å². The molecule has 82 valence electrons. The molecule has 0 radical (unpaired) electrons. The Kier molecular flexibility index (Phi) is 2.60. The molecule has 2 aromatic rings. The molecular formula is C13H11F2N. The summed E-state index contributed by atoms with van der Waals surface area (Å²) in [5, 5.41) is 0. The molecule has 0 unspecified atom stereocenters. The van der Waals surface area contributed by atoms with E-state index in [1.165, 1.54) is 24.3 Å². The molecule has 2 N–H and O–H groups in total. The van der Waals surface area contributed by atoms with Gasteiger partial charge in [0.05, 0.1) is 0 Å². The lowest BCUT2D eigenvalue weighted by atomic mass is 10.0. The maximum atomic E-state index is 13.6. The molecule has 0 saturated heterocycles. The molecule has 0 fully saturated rings. The Morgan fingerprint density at radius 1 is 0.938 bits per heavy atom. The molecular weight excluding hydrogens is 208 g/mol. The number of halogens is 2. The molecule has 0 atom stereocenters. The fourth-order valence-electron chi connectivity index (χ4n) is 1.62. The van der Waals surface area contributed by atoms with Crippen molar-refractivity contribution >= 4 is 5.69 Å². The monoisotopic (exact) mass is 219 g/mol. The molecule has 16 heavy (non-hydrogen) atoms. The Bertz CT molecular complexity index is 535. The maximum Gasteiger partial charge on any atom is 0.131 e. The zero-order valence-corrected chi connectivity index (χ0v) is 8.80. The summed E-state index contributed by atoms with van der Waals surface area (Å²) in [6, 6.07) is 8.71. The summed E-state index contributed by atoms with van der Waals surface area (Å²) in [6.07, 6.45) is 0. The summed E-state index contributed by atoms with van der Waals surface area (Å²) in [5.41, 5.74) is 7.75. The molecule has 0 aliphatic heterocycles. The zero-order chi connectivity index (χ0) is 11.7. The van der Waals surface area contributed by atoms with Gasteiger partial charge in [-0.25, -0.2) is 8.78 Å². The minimum atomic E-state index is -0.422. The molecule has 2 rings (SSSR count). The van der Waals surface area contributed by atoms with Crippen LogP contribution in [0, 0.1) is 18.6 Å². The second-order valence-electron chi connectivity index (χ2n) is 3.71. The van der Waals surface area contributed by atoms with Crippen molar-refractivity contribution in [2.45, 2.75) is 6.92 Å². The van der Waals surface area contributed by atoms with Gasteiger partial charge in [0.2, 0.25) is 0 Å².